The Kier molecular flexibility index (Phi) is 5.65. The Morgan fingerprint density at radius 1 is 1.16 bits per heavy atom. The number of esters is 1. The summed E-state index contributed by atoms with van der Waals surface area (Å²) in [6, 6.07) is 6.54. The predicted octanol–water partition coefficient (Wildman–Crippen LogP) is 5.13. The lowest BCUT2D eigenvalue weighted by Gasteiger charge is -2.26. The maximum absolute atomic E-state index is 13.3. The van der Waals surface area contributed by atoms with Crippen molar-refractivity contribution in [2.24, 2.45) is 5.92 Å². The summed E-state index contributed by atoms with van der Waals surface area (Å²) < 4.78 is 7.04. The van der Waals surface area contributed by atoms with Crippen molar-refractivity contribution < 1.29 is 9.53 Å². The monoisotopic (exact) mass is 436 g/mol. The van der Waals surface area contributed by atoms with E-state index in [2.05, 4.69) is 30.1 Å². The maximum Gasteiger partial charge on any atom is 0.326 e. The van der Waals surface area contributed by atoms with Gasteiger partial charge in [-0.1, -0.05) is 25.1 Å². The summed E-state index contributed by atoms with van der Waals surface area (Å²) in [6.45, 7) is 2.15. The van der Waals surface area contributed by atoms with Crippen molar-refractivity contribution in [1.29, 1.82) is 0 Å². The standard InChI is InChI=1S/C25H28N2O3S/c1-16-6-10-20(11-7-16)30-22(28)13-27-15-26-24-23(25(27)29)21(14-31-24)19-9-8-17-4-2-3-5-18(17)12-19/h8-9,12,14-16,20H,2-7,10-11,13H2,1H3. The summed E-state index contributed by atoms with van der Waals surface area (Å²) in [5, 5.41) is 2.61. The first-order valence-corrected chi connectivity index (χ1v) is 12.2. The molecule has 0 atom stereocenters. The number of nitrogens with zero attached hydrogens (tertiary/aromatic N) is 2. The van der Waals surface area contributed by atoms with E-state index in [4.69, 9.17) is 4.74 Å². The molecule has 2 aromatic heterocycles. The number of fused-ring (bicyclic) bond motifs is 2. The molecule has 0 aliphatic heterocycles. The Hall–Kier alpha value is -2.47. The van der Waals surface area contributed by atoms with E-state index in [1.807, 2.05) is 5.38 Å². The maximum atomic E-state index is 13.3. The number of carbonyl (C=O) groups is 1. The summed E-state index contributed by atoms with van der Waals surface area (Å²) in [6.07, 6.45) is 10.1. The van der Waals surface area contributed by atoms with Gasteiger partial charge in [0.05, 0.1) is 11.7 Å². The molecule has 6 heteroatoms. The molecule has 3 aromatic rings. The minimum absolute atomic E-state index is 0.0247. The van der Waals surface area contributed by atoms with Gasteiger partial charge in [0.2, 0.25) is 0 Å². The second kappa shape index (κ2) is 8.58. The Labute approximate surface area is 186 Å². The first-order chi connectivity index (χ1) is 15.1. The summed E-state index contributed by atoms with van der Waals surface area (Å²) in [4.78, 5) is 30.9. The topological polar surface area (TPSA) is 61.2 Å². The van der Waals surface area contributed by atoms with Gasteiger partial charge in [-0.2, -0.15) is 0 Å². The van der Waals surface area contributed by atoms with Crippen LogP contribution >= 0.6 is 11.3 Å². The zero-order valence-corrected chi connectivity index (χ0v) is 18.7. The molecule has 31 heavy (non-hydrogen) atoms. The lowest BCUT2D eigenvalue weighted by Crippen LogP contribution is -2.29. The fourth-order valence-corrected chi connectivity index (χ4v) is 5.81. The van der Waals surface area contributed by atoms with E-state index in [1.54, 1.807) is 0 Å². The Bertz CT molecular complexity index is 1170. The minimum Gasteiger partial charge on any atom is -0.461 e. The highest BCUT2D eigenvalue weighted by Crippen LogP contribution is 2.33. The van der Waals surface area contributed by atoms with Crippen molar-refractivity contribution in [1.82, 2.24) is 9.55 Å². The number of rotatable bonds is 4. The van der Waals surface area contributed by atoms with Crippen molar-refractivity contribution in [2.45, 2.75) is 70.9 Å². The summed E-state index contributed by atoms with van der Waals surface area (Å²) in [5.41, 5.74) is 4.60. The lowest BCUT2D eigenvalue weighted by molar-refractivity contribution is -0.151. The highest BCUT2D eigenvalue weighted by molar-refractivity contribution is 7.17. The van der Waals surface area contributed by atoms with E-state index >= 15 is 0 Å². The molecule has 1 fully saturated rings. The summed E-state index contributed by atoms with van der Waals surface area (Å²) in [5.74, 6) is 0.346. The highest BCUT2D eigenvalue weighted by atomic mass is 32.1. The molecular weight excluding hydrogens is 408 g/mol. The Morgan fingerprint density at radius 3 is 2.74 bits per heavy atom. The number of benzene rings is 1. The first-order valence-electron chi connectivity index (χ1n) is 11.4. The number of aryl methyl sites for hydroxylation is 2. The van der Waals surface area contributed by atoms with Crippen LogP contribution in [0.3, 0.4) is 0 Å². The molecule has 0 saturated heterocycles. The van der Waals surface area contributed by atoms with Gasteiger partial charge in [0.25, 0.3) is 5.56 Å². The van der Waals surface area contributed by atoms with Gasteiger partial charge in [-0.05, 0) is 74.0 Å². The van der Waals surface area contributed by atoms with Crippen LogP contribution < -0.4 is 5.56 Å². The molecule has 2 aliphatic rings. The largest absolute Gasteiger partial charge is 0.461 e. The highest BCUT2D eigenvalue weighted by Gasteiger charge is 2.22. The number of aromatic nitrogens is 2. The van der Waals surface area contributed by atoms with Gasteiger partial charge in [0, 0.05) is 10.9 Å². The van der Waals surface area contributed by atoms with Crippen LogP contribution in [0, 0.1) is 5.92 Å². The third kappa shape index (κ3) is 4.18. The molecule has 162 valence electrons. The van der Waals surface area contributed by atoms with Crippen LogP contribution in [-0.4, -0.2) is 21.6 Å². The van der Waals surface area contributed by atoms with E-state index in [1.165, 1.54) is 46.2 Å². The number of ether oxygens (including phenoxy) is 1. The molecule has 1 aromatic carbocycles. The van der Waals surface area contributed by atoms with Crippen LogP contribution in [0.5, 0.6) is 0 Å². The van der Waals surface area contributed by atoms with Crippen molar-refractivity contribution in [3.8, 4) is 11.1 Å². The van der Waals surface area contributed by atoms with Crippen LogP contribution in [-0.2, 0) is 28.9 Å². The average Bonchev–Trinajstić information content (AvgIpc) is 3.22. The molecule has 0 bridgehead atoms. The van der Waals surface area contributed by atoms with Crippen molar-refractivity contribution in [3.05, 3.63) is 51.4 Å². The third-order valence-electron chi connectivity index (χ3n) is 6.78. The van der Waals surface area contributed by atoms with Crippen LogP contribution in [0.25, 0.3) is 21.3 Å². The second-order valence-electron chi connectivity index (χ2n) is 9.07. The predicted molar refractivity (Wildman–Crippen MR) is 123 cm³/mol. The lowest BCUT2D eigenvalue weighted by atomic mass is 9.89. The van der Waals surface area contributed by atoms with Crippen LogP contribution in [0.1, 0.15) is 56.6 Å². The van der Waals surface area contributed by atoms with E-state index in [0.29, 0.717) is 16.1 Å². The molecule has 1 saturated carbocycles. The molecule has 0 radical (unpaired) electrons. The molecule has 2 heterocycles. The zero-order chi connectivity index (χ0) is 21.4. The van der Waals surface area contributed by atoms with Gasteiger partial charge in [-0.15, -0.1) is 11.3 Å². The van der Waals surface area contributed by atoms with E-state index in [0.717, 1.165) is 49.7 Å². The second-order valence-corrected chi connectivity index (χ2v) is 9.93. The molecule has 5 nitrogen and oxygen atoms in total. The van der Waals surface area contributed by atoms with Gasteiger partial charge < -0.3 is 4.74 Å². The Morgan fingerprint density at radius 2 is 1.94 bits per heavy atom. The number of carbonyl (C=O) groups excluding carboxylic acids is 1. The number of hydrogen-bond acceptors (Lipinski definition) is 5. The zero-order valence-electron chi connectivity index (χ0n) is 17.9. The van der Waals surface area contributed by atoms with Gasteiger partial charge >= 0.3 is 5.97 Å². The van der Waals surface area contributed by atoms with Gasteiger partial charge in [-0.3, -0.25) is 14.2 Å². The molecule has 2 aliphatic carbocycles. The van der Waals surface area contributed by atoms with Crippen molar-refractivity contribution >= 4 is 27.5 Å². The number of thiophene rings is 1. The fourth-order valence-electron chi connectivity index (χ4n) is 4.90. The molecular formula is C25H28N2O3S. The van der Waals surface area contributed by atoms with Crippen molar-refractivity contribution in [2.75, 3.05) is 0 Å². The van der Waals surface area contributed by atoms with Gasteiger partial charge in [0.15, 0.2) is 0 Å². The van der Waals surface area contributed by atoms with Crippen LogP contribution in [0.2, 0.25) is 0 Å². The van der Waals surface area contributed by atoms with E-state index < -0.39 is 0 Å². The van der Waals surface area contributed by atoms with Crippen LogP contribution in [0.4, 0.5) is 0 Å². The summed E-state index contributed by atoms with van der Waals surface area (Å²) in [7, 11) is 0. The smallest absolute Gasteiger partial charge is 0.326 e. The molecule has 5 rings (SSSR count). The van der Waals surface area contributed by atoms with Gasteiger partial charge in [0.1, 0.15) is 17.5 Å². The fraction of sp³-hybridized carbons (Fsp3) is 0.480. The minimum atomic E-state index is -0.353. The Balaban J connectivity index is 1.41. The van der Waals surface area contributed by atoms with Gasteiger partial charge in [-0.25, -0.2) is 4.98 Å². The molecule has 0 N–H and O–H groups in total. The molecule has 0 unspecified atom stereocenters. The third-order valence-corrected chi connectivity index (χ3v) is 7.67. The van der Waals surface area contributed by atoms with E-state index in [-0.39, 0.29) is 24.2 Å². The summed E-state index contributed by atoms with van der Waals surface area (Å²) >= 11 is 1.48. The normalized spacial score (nSPS) is 21.1. The van der Waals surface area contributed by atoms with E-state index in [9.17, 15) is 9.59 Å². The van der Waals surface area contributed by atoms with Crippen molar-refractivity contribution in [3.63, 3.8) is 0 Å². The first kappa shape index (κ1) is 20.4. The average molecular weight is 437 g/mol. The number of hydrogen-bond donors (Lipinski definition) is 0. The SMILES string of the molecule is CC1CCC(OC(=O)Cn2cnc3scc(-c4ccc5c(c4)CCCC5)c3c2=O)CC1. The quantitative estimate of drug-likeness (QED) is 0.532. The molecule has 0 spiro atoms. The van der Waals surface area contributed by atoms with Crippen LogP contribution in [0.15, 0.2) is 34.7 Å². The molecule has 0 amide bonds.